The molecule has 0 fully saturated rings. The van der Waals surface area contributed by atoms with Crippen LogP contribution >= 0.6 is 0 Å². The summed E-state index contributed by atoms with van der Waals surface area (Å²) >= 11 is 0. The highest BCUT2D eigenvalue weighted by atomic mass is 19.1. The molecular weight excluding hydrogens is 263 g/mol. The van der Waals surface area contributed by atoms with Crippen molar-refractivity contribution in [1.82, 2.24) is 0 Å². The minimum Gasteiger partial charge on any atom is -0.346 e. The Hall–Kier alpha value is -2.42. The predicted octanol–water partition coefficient (Wildman–Crippen LogP) is 4.36. The molecule has 3 heteroatoms. The molecule has 21 heavy (non-hydrogen) atoms. The summed E-state index contributed by atoms with van der Waals surface area (Å²) in [7, 11) is 2.04. The summed E-state index contributed by atoms with van der Waals surface area (Å²) in [5.74, 6) is -0.234. The molecule has 0 unspecified atom stereocenters. The molecular formula is C18H17FN2. The van der Waals surface area contributed by atoms with Gasteiger partial charge in [0.1, 0.15) is 5.82 Å². The summed E-state index contributed by atoms with van der Waals surface area (Å²) in [6.07, 6.45) is 0. The lowest BCUT2D eigenvalue weighted by molar-refractivity contribution is 0.628. The van der Waals surface area contributed by atoms with Gasteiger partial charge in [-0.1, -0.05) is 18.2 Å². The number of para-hydroxylation sites is 1. The lowest BCUT2D eigenvalue weighted by atomic mass is 10.00. The van der Waals surface area contributed by atoms with Gasteiger partial charge in [-0.15, -0.1) is 0 Å². The monoisotopic (exact) mass is 280 g/mol. The van der Waals surface area contributed by atoms with Gasteiger partial charge in [0.05, 0.1) is 17.1 Å². The Morgan fingerprint density at radius 3 is 2.33 bits per heavy atom. The number of hydrogen-bond acceptors (Lipinski definition) is 2. The second-order valence-electron chi connectivity index (χ2n) is 5.21. The molecule has 0 bridgehead atoms. The van der Waals surface area contributed by atoms with E-state index >= 15 is 0 Å². The van der Waals surface area contributed by atoms with Gasteiger partial charge >= 0.3 is 0 Å². The van der Waals surface area contributed by atoms with Gasteiger partial charge in [-0.25, -0.2) is 4.39 Å². The van der Waals surface area contributed by atoms with Crippen LogP contribution in [0.3, 0.4) is 0 Å². The van der Waals surface area contributed by atoms with E-state index in [1.165, 1.54) is 12.1 Å². The number of anilines is 1. The molecule has 0 atom stereocenters. The molecule has 1 aliphatic heterocycles. The zero-order chi connectivity index (χ0) is 15.0. The van der Waals surface area contributed by atoms with Crippen LogP contribution in [0.4, 0.5) is 10.1 Å². The molecule has 0 N–H and O–H groups in total. The van der Waals surface area contributed by atoms with E-state index in [1.54, 1.807) is 12.1 Å². The average molecular weight is 280 g/mol. The van der Waals surface area contributed by atoms with Crippen molar-refractivity contribution in [1.29, 1.82) is 0 Å². The fourth-order valence-electron chi connectivity index (χ4n) is 2.53. The van der Waals surface area contributed by atoms with Gasteiger partial charge in [0.15, 0.2) is 0 Å². The maximum absolute atomic E-state index is 13.2. The first kappa shape index (κ1) is 13.6. The number of halogens is 1. The van der Waals surface area contributed by atoms with Gasteiger partial charge in [0.2, 0.25) is 0 Å². The Morgan fingerprint density at radius 1 is 0.952 bits per heavy atom. The van der Waals surface area contributed by atoms with E-state index in [0.717, 1.165) is 33.9 Å². The Morgan fingerprint density at radius 2 is 1.62 bits per heavy atom. The molecule has 106 valence electrons. The van der Waals surface area contributed by atoms with Crippen molar-refractivity contribution in [2.24, 2.45) is 4.99 Å². The van der Waals surface area contributed by atoms with Crippen LogP contribution < -0.4 is 4.90 Å². The third kappa shape index (κ3) is 2.35. The predicted molar refractivity (Wildman–Crippen MR) is 85.3 cm³/mol. The highest BCUT2D eigenvalue weighted by molar-refractivity contribution is 6.16. The number of hydrogen-bond donors (Lipinski definition) is 0. The SMILES string of the molecule is CC1=C(C)N(C)c2ccccc2C(c2ccc(F)cc2)=N1. The smallest absolute Gasteiger partial charge is 0.123 e. The summed E-state index contributed by atoms with van der Waals surface area (Å²) in [5, 5.41) is 0. The van der Waals surface area contributed by atoms with E-state index < -0.39 is 0 Å². The zero-order valence-electron chi connectivity index (χ0n) is 12.4. The highest BCUT2D eigenvalue weighted by Gasteiger charge is 2.19. The van der Waals surface area contributed by atoms with Crippen LogP contribution in [0.5, 0.6) is 0 Å². The first-order valence-corrected chi connectivity index (χ1v) is 6.93. The number of rotatable bonds is 1. The number of aliphatic imine (C=N–C) groups is 1. The van der Waals surface area contributed by atoms with Crippen molar-refractivity contribution in [3.05, 3.63) is 76.9 Å². The standard InChI is InChI=1S/C18H17FN2/c1-12-13(2)21(3)17-7-5-4-6-16(17)18(20-12)14-8-10-15(19)11-9-14/h4-11H,1-3H3. The fourth-order valence-corrected chi connectivity index (χ4v) is 2.53. The number of fused-ring (bicyclic) bond motifs is 1. The molecule has 0 aromatic heterocycles. The first-order chi connectivity index (χ1) is 10.1. The van der Waals surface area contributed by atoms with Gasteiger partial charge in [0, 0.05) is 23.9 Å². The quantitative estimate of drug-likeness (QED) is 0.757. The Kier molecular flexibility index (Phi) is 3.34. The van der Waals surface area contributed by atoms with Crippen molar-refractivity contribution < 1.29 is 4.39 Å². The van der Waals surface area contributed by atoms with Gasteiger partial charge in [-0.2, -0.15) is 0 Å². The molecule has 2 aromatic rings. The zero-order valence-corrected chi connectivity index (χ0v) is 12.4. The summed E-state index contributed by atoms with van der Waals surface area (Å²) in [6, 6.07) is 14.7. The third-order valence-electron chi connectivity index (χ3n) is 3.94. The number of benzene rings is 2. The van der Waals surface area contributed by atoms with Crippen molar-refractivity contribution in [2.75, 3.05) is 11.9 Å². The molecule has 2 nitrogen and oxygen atoms in total. The maximum atomic E-state index is 13.2. The van der Waals surface area contributed by atoms with Crippen LogP contribution in [0, 0.1) is 5.82 Å². The molecule has 2 aromatic carbocycles. The van der Waals surface area contributed by atoms with E-state index in [9.17, 15) is 4.39 Å². The molecule has 1 aliphatic rings. The third-order valence-corrected chi connectivity index (χ3v) is 3.94. The largest absolute Gasteiger partial charge is 0.346 e. The lowest BCUT2D eigenvalue weighted by Crippen LogP contribution is -2.16. The van der Waals surface area contributed by atoms with E-state index in [2.05, 4.69) is 24.0 Å². The first-order valence-electron chi connectivity index (χ1n) is 6.93. The summed E-state index contributed by atoms with van der Waals surface area (Å²) in [4.78, 5) is 6.92. The second kappa shape index (κ2) is 5.17. The van der Waals surface area contributed by atoms with Gasteiger partial charge < -0.3 is 4.90 Å². The Balaban J connectivity index is 2.25. The normalized spacial score (nSPS) is 14.7. The van der Waals surface area contributed by atoms with Crippen LogP contribution in [-0.4, -0.2) is 12.8 Å². The molecule has 0 spiro atoms. The lowest BCUT2D eigenvalue weighted by Gasteiger charge is -2.21. The van der Waals surface area contributed by atoms with Crippen LogP contribution in [-0.2, 0) is 0 Å². The Bertz CT molecular complexity index is 742. The average Bonchev–Trinajstić information content (AvgIpc) is 2.60. The van der Waals surface area contributed by atoms with Crippen molar-refractivity contribution in [2.45, 2.75) is 13.8 Å². The van der Waals surface area contributed by atoms with E-state index in [-0.39, 0.29) is 5.82 Å². The van der Waals surface area contributed by atoms with Crippen LogP contribution in [0.2, 0.25) is 0 Å². The summed E-state index contributed by atoms with van der Waals surface area (Å²) in [5.41, 5.74) is 6.04. The minimum absolute atomic E-state index is 0.234. The van der Waals surface area contributed by atoms with E-state index in [4.69, 9.17) is 4.99 Å². The number of allylic oxidation sites excluding steroid dienone is 2. The van der Waals surface area contributed by atoms with Crippen molar-refractivity contribution in [3.8, 4) is 0 Å². The van der Waals surface area contributed by atoms with Gasteiger partial charge in [-0.3, -0.25) is 4.99 Å². The second-order valence-corrected chi connectivity index (χ2v) is 5.21. The Labute approximate surface area is 124 Å². The number of nitrogens with zero attached hydrogens (tertiary/aromatic N) is 2. The topological polar surface area (TPSA) is 15.6 Å². The highest BCUT2D eigenvalue weighted by Crippen LogP contribution is 2.30. The summed E-state index contributed by atoms with van der Waals surface area (Å²) in [6.45, 7) is 4.06. The molecule has 0 saturated heterocycles. The fraction of sp³-hybridized carbons (Fsp3) is 0.167. The molecule has 0 amide bonds. The van der Waals surface area contributed by atoms with Crippen LogP contribution in [0.25, 0.3) is 0 Å². The molecule has 1 heterocycles. The molecule has 0 saturated carbocycles. The van der Waals surface area contributed by atoms with E-state index in [1.807, 2.05) is 26.1 Å². The van der Waals surface area contributed by atoms with Crippen LogP contribution in [0.15, 0.2) is 64.9 Å². The maximum Gasteiger partial charge on any atom is 0.123 e. The van der Waals surface area contributed by atoms with E-state index in [0.29, 0.717) is 0 Å². The van der Waals surface area contributed by atoms with Gasteiger partial charge in [0.25, 0.3) is 0 Å². The molecule has 0 radical (unpaired) electrons. The van der Waals surface area contributed by atoms with Crippen molar-refractivity contribution >= 4 is 11.4 Å². The van der Waals surface area contributed by atoms with Crippen molar-refractivity contribution in [3.63, 3.8) is 0 Å². The molecule has 3 rings (SSSR count). The summed E-state index contributed by atoms with van der Waals surface area (Å²) < 4.78 is 13.2. The minimum atomic E-state index is -0.234. The molecule has 0 aliphatic carbocycles. The van der Waals surface area contributed by atoms with Crippen LogP contribution in [0.1, 0.15) is 25.0 Å². The van der Waals surface area contributed by atoms with Gasteiger partial charge in [-0.05, 0) is 44.2 Å².